The number of hydrogen-bond donors (Lipinski definition) is 0. The summed E-state index contributed by atoms with van der Waals surface area (Å²) in [5.74, 6) is 1.31. The van der Waals surface area contributed by atoms with Crippen LogP contribution >= 0.6 is 0 Å². The van der Waals surface area contributed by atoms with Gasteiger partial charge in [0, 0.05) is 10.9 Å². The van der Waals surface area contributed by atoms with Crippen LogP contribution in [-0.4, -0.2) is 30.9 Å². The number of methoxy groups -OCH3 is 1. The number of nitrogens with zero attached hydrogens (tertiary/aromatic N) is 2. The molecule has 4 nitrogen and oxygen atoms in total. The van der Waals surface area contributed by atoms with E-state index in [9.17, 15) is 22.4 Å². The third-order valence-electron chi connectivity index (χ3n) is 4.44. The number of fused-ring (bicyclic) bond motifs is 1. The van der Waals surface area contributed by atoms with Crippen molar-refractivity contribution in [3.63, 3.8) is 0 Å². The Morgan fingerprint density at radius 1 is 1.23 bits per heavy atom. The van der Waals surface area contributed by atoms with Gasteiger partial charge in [-0.3, -0.25) is 4.68 Å². The van der Waals surface area contributed by atoms with Crippen LogP contribution in [0, 0.1) is 17.3 Å². The van der Waals surface area contributed by atoms with Gasteiger partial charge in [-0.25, -0.2) is 9.18 Å². The van der Waals surface area contributed by atoms with E-state index in [0.717, 1.165) is 19.2 Å². The highest BCUT2D eigenvalue weighted by Crippen LogP contribution is 2.33. The van der Waals surface area contributed by atoms with Gasteiger partial charge in [-0.1, -0.05) is 37.7 Å². The van der Waals surface area contributed by atoms with Crippen LogP contribution in [0.5, 0.6) is 0 Å². The molecule has 31 heavy (non-hydrogen) atoms. The molecule has 0 amide bonds. The van der Waals surface area contributed by atoms with E-state index in [1.165, 1.54) is 29.1 Å². The number of benzene rings is 2. The van der Waals surface area contributed by atoms with E-state index in [4.69, 9.17) is 0 Å². The summed E-state index contributed by atoms with van der Waals surface area (Å²) in [6, 6.07) is 6.28. The first-order valence-electron chi connectivity index (χ1n) is 9.36. The van der Waals surface area contributed by atoms with Crippen molar-refractivity contribution in [1.29, 1.82) is 0 Å². The minimum Gasteiger partial charge on any atom is -0.465 e. The maximum atomic E-state index is 14.8. The van der Waals surface area contributed by atoms with Crippen LogP contribution in [-0.2, 0) is 17.5 Å². The summed E-state index contributed by atoms with van der Waals surface area (Å²) >= 11 is 0. The van der Waals surface area contributed by atoms with Crippen LogP contribution in [0.25, 0.3) is 10.9 Å². The first-order valence-corrected chi connectivity index (χ1v) is 12.9. The predicted molar refractivity (Wildman–Crippen MR) is 112 cm³/mol. The topological polar surface area (TPSA) is 44.1 Å². The Balaban J connectivity index is 2.17. The van der Waals surface area contributed by atoms with Gasteiger partial charge in [0.1, 0.15) is 13.9 Å². The normalized spacial score (nSPS) is 11.9. The van der Waals surface area contributed by atoms with Crippen LogP contribution < -0.4 is 0 Å². The molecule has 9 heteroatoms. The van der Waals surface area contributed by atoms with Crippen molar-refractivity contribution in [1.82, 2.24) is 9.78 Å². The number of alkyl halides is 3. The number of rotatable bonds is 3. The SMILES string of the molecule is COC(=O)c1cccc(Cn2ncc3cc(C(F)(F)F)cc(C#C[Si](C)(C)C)c32)c1F. The number of aromatic nitrogens is 2. The average molecular weight is 448 g/mol. The van der Waals surface area contributed by atoms with E-state index in [1.807, 2.05) is 19.6 Å². The summed E-state index contributed by atoms with van der Waals surface area (Å²) in [7, 11) is -0.728. The molecule has 0 radical (unpaired) electrons. The van der Waals surface area contributed by atoms with E-state index < -0.39 is 31.6 Å². The Morgan fingerprint density at radius 3 is 2.55 bits per heavy atom. The Bertz CT molecular complexity index is 1210. The van der Waals surface area contributed by atoms with Crippen molar-refractivity contribution in [3.8, 4) is 11.5 Å². The highest BCUT2D eigenvalue weighted by molar-refractivity contribution is 6.83. The van der Waals surface area contributed by atoms with E-state index >= 15 is 0 Å². The van der Waals surface area contributed by atoms with Crippen molar-refractivity contribution in [2.45, 2.75) is 32.4 Å². The highest BCUT2D eigenvalue weighted by atomic mass is 28.3. The lowest BCUT2D eigenvalue weighted by Crippen LogP contribution is -2.16. The number of carbonyl (C=O) groups is 1. The van der Waals surface area contributed by atoms with Crippen molar-refractivity contribution in [3.05, 3.63) is 64.6 Å². The van der Waals surface area contributed by atoms with Gasteiger partial charge in [0.2, 0.25) is 0 Å². The van der Waals surface area contributed by atoms with Gasteiger partial charge in [-0.2, -0.15) is 18.3 Å². The number of halogens is 4. The van der Waals surface area contributed by atoms with Crippen molar-refractivity contribution in [2.24, 2.45) is 0 Å². The lowest BCUT2D eigenvalue weighted by Gasteiger charge is -2.12. The van der Waals surface area contributed by atoms with Gasteiger partial charge in [0.15, 0.2) is 0 Å². The molecule has 0 spiro atoms. The smallest absolute Gasteiger partial charge is 0.416 e. The fourth-order valence-corrected chi connectivity index (χ4v) is 3.51. The highest BCUT2D eigenvalue weighted by Gasteiger charge is 2.32. The molecule has 0 bridgehead atoms. The molecular weight excluding hydrogens is 428 g/mol. The summed E-state index contributed by atoms with van der Waals surface area (Å²) in [6.45, 7) is 5.86. The minimum atomic E-state index is -4.53. The lowest BCUT2D eigenvalue weighted by atomic mass is 10.1. The van der Waals surface area contributed by atoms with Crippen LogP contribution in [0.3, 0.4) is 0 Å². The molecule has 0 N–H and O–H groups in total. The summed E-state index contributed by atoms with van der Waals surface area (Å²) < 4.78 is 60.9. The molecule has 0 saturated heterocycles. The summed E-state index contributed by atoms with van der Waals surface area (Å²) in [5, 5.41) is 4.41. The molecule has 1 heterocycles. The first kappa shape index (κ1) is 22.6. The molecular formula is C22H20F4N2O2Si. The minimum absolute atomic E-state index is 0.0901. The Kier molecular flexibility index (Phi) is 5.96. The summed E-state index contributed by atoms with van der Waals surface area (Å²) in [5.41, 5.74) is 2.73. The van der Waals surface area contributed by atoms with E-state index in [-0.39, 0.29) is 28.6 Å². The molecule has 0 aliphatic heterocycles. The Hall–Kier alpha value is -3.12. The van der Waals surface area contributed by atoms with Crippen LogP contribution in [0.15, 0.2) is 36.5 Å². The molecule has 3 rings (SSSR count). The lowest BCUT2D eigenvalue weighted by molar-refractivity contribution is -0.137. The predicted octanol–water partition coefficient (Wildman–Crippen LogP) is 5.26. The van der Waals surface area contributed by atoms with Gasteiger partial charge in [0.05, 0.1) is 42.1 Å². The number of esters is 1. The molecule has 0 fully saturated rings. The van der Waals surface area contributed by atoms with Gasteiger partial charge in [0.25, 0.3) is 0 Å². The number of hydrogen-bond acceptors (Lipinski definition) is 3. The standard InChI is InChI=1S/C22H20F4N2O2Si/c1-30-21(29)18-7-5-6-15(19(18)23)13-28-20-14(8-9-31(2,3)4)10-17(22(24,25)26)11-16(20)12-27-28/h5-7,10-12H,13H2,1-4H3. The fourth-order valence-electron chi connectivity index (χ4n) is 3.00. The van der Waals surface area contributed by atoms with Crippen LogP contribution in [0.4, 0.5) is 17.6 Å². The molecule has 162 valence electrons. The molecule has 1 aromatic heterocycles. The first-order chi connectivity index (χ1) is 14.4. The van der Waals surface area contributed by atoms with Gasteiger partial charge in [-0.15, -0.1) is 5.54 Å². The van der Waals surface area contributed by atoms with E-state index in [2.05, 4.69) is 21.3 Å². The Morgan fingerprint density at radius 2 is 1.94 bits per heavy atom. The molecule has 0 aliphatic rings. The molecule has 0 aliphatic carbocycles. The number of ether oxygens (including phenoxy) is 1. The second-order valence-electron chi connectivity index (χ2n) is 8.03. The molecule has 0 unspecified atom stereocenters. The van der Waals surface area contributed by atoms with Crippen LogP contribution in [0.1, 0.15) is 27.0 Å². The second kappa shape index (κ2) is 8.19. The van der Waals surface area contributed by atoms with E-state index in [0.29, 0.717) is 5.52 Å². The zero-order valence-electron chi connectivity index (χ0n) is 17.4. The third-order valence-corrected chi connectivity index (χ3v) is 5.31. The zero-order chi connectivity index (χ0) is 23.0. The molecule has 3 aromatic rings. The van der Waals surface area contributed by atoms with Gasteiger partial charge < -0.3 is 4.74 Å². The Labute approximate surface area is 177 Å². The van der Waals surface area contributed by atoms with Crippen LogP contribution in [0.2, 0.25) is 19.6 Å². The second-order valence-corrected chi connectivity index (χ2v) is 12.8. The van der Waals surface area contributed by atoms with Crippen molar-refractivity contribution < 1.29 is 27.1 Å². The van der Waals surface area contributed by atoms with Gasteiger partial charge in [-0.05, 0) is 18.2 Å². The molecule has 0 saturated carbocycles. The monoisotopic (exact) mass is 448 g/mol. The quantitative estimate of drug-likeness (QED) is 0.238. The molecule has 2 aromatic carbocycles. The van der Waals surface area contributed by atoms with Crippen molar-refractivity contribution in [2.75, 3.05) is 7.11 Å². The van der Waals surface area contributed by atoms with Gasteiger partial charge >= 0.3 is 12.1 Å². The summed E-state index contributed by atoms with van der Waals surface area (Å²) in [6.07, 6.45) is -3.24. The maximum absolute atomic E-state index is 14.8. The fraction of sp³-hybridized carbons (Fsp3) is 0.273. The van der Waals surface area contributed by atoms with Crippen molar-refractivity contribution >= 4 is 24.9 Å². The molecule has 0 atom stereocenters. The maximum Gasteiger partial charge on any atom is 0.416 e. The third kappa shape index (κ3) is 4.97. The number of carbonyl (C=O) groups excluding carboxylic acids is 1. The largest absolute Gasteiger partial charge is 0.465 e. The van der Waals surface area contributed by atoms with E-state index in [1.54, 1.807) is 0 Å². The average Bonchev–Trinajstić information content (AvgIpc) is 3.09. The zero-order valence-corrected chi connectivity index (χ0v) is 18.4. The summed E-state index contributed by atoms with van der Waals surface area (Å²) in [4.78, 5) is 11.8.